The Kier molecular flexibility index (Phi) is 4.95. The van der Waals surface area contributed by atoms with Gasteiger partial charge >= 0.3 is 6.18 Å². The van der Waals surface area contributed by atoms with Crippen molar-refractivity contribution in [2.24, 2.45) is 11.7 Å². The molecule has 0 bridgehead atoms. The van der Waals surface area contributed by atoms with Gasteiger partial charge in [-0.1, -0.05) is 0 Å². The Balaban J connectivity index is 4.95. The lowest BCUT2D eigenvalue weighted by atomic mass is 10.0. The molecule has 17 heavy (non-hydrogen) atoms. The Morgan fingerprint density at radius 2 is 2.00 bits per heavy atom. The van der Waals surface area contributed by atoms with Crippen LogP contribution in [-0.4, -0.2) is 35.6 Å². The van der Waals surface area contributed by atoms with Crippen molar-refractivity contribution in [3.63, 3.8) is 0 Å². The summed E-state index contributed by atoms with van der Waals surface area (Å²) in [7, 11) is 0. The van der Waals surface area contributed by atoms with Gasteiger partial charge in [0.25, 0.3) is 5.91 Å². The Labute approximate surface area is 98.2 Å². The maximum Gasteiger partial charge on any atom is 0.415 e. The molecule has 2 unspecified atom stereocenters. The number of hydrogen-bond donors (Lipinski definition) is 1. The molecule has 0 fully saturated rings. The number of alkyl halides is 3. The number of nitriles is 1. The SMILES string of the molecule is CCN(CC(C)C#N)C(=O)C(C)(N)C(F)(F)F. The van der Waals surface area contributed by atoms with Crippen LogP contribution < -0.4 is 5.73 Å². The molecule has 0 aliphatic heterocycles. The van der Waals surface area contributed by atoms with Crippen molar-refractivity contribution in [3.05, 3.63) is 0 Å². The zero-order chi connectivity index (χ0) is 13.9. The first kappa shape index (κ1) is 15.7. The Morgan fingerprint density at radius 1 is 1.53 bits per heavy atom. The molecule has 0 saturated heterocycles. The van der Waals surface area contributed by atoms with Gasteiger partial charge in [0, 0.05) is 13.1 Å². The van der Waals surface area contributed by atoms with Crippen molar-refractivity contribution < 1.29 is 18.0 Å². The summed E-state index contributed by atoms with van der Waals surface area (Å²) in [4.78, 5) is 12.6. The minimum absolute atomic E-state index is 0.0608. The highest BCUT2D eigenvalue weighted by atomic mass is 19.4. The van der Waals surface area contributed by atoms with E-state index in [4.69, 9.17) is 11.0 Å². The van der Waals surface area contributed by atoms with Crippen molar-refractivity contribution in [1.29, 1.82) is 5.26 Å². The lowest BCUT2D eigenvalue weighted by Crippen LogP contribution is -2.62. The molecule has 0 aliphatic rings. The third-order valence-corrected chi connectivity index (χ3v) is 2.42. The zero-order valence-electron chi connectivity index (χ0n) is 10.0. The number of carbonyl (C=O) groups is 1. The number of rotatable bonds is 4. The van der Waals surface area contributed by atoms with Crippen LogP contribution in [-0.2, 0) is 4.79 Å². The molecule has 0 spiro atoms. The Hall–Kier alpha value is -1.29. The first-order chi connectivity index (χ1) is 7.57. The van der Waals surface area contributed by atoms with Crippen LogP contribution >= 0.6 is 0 Å². The Bertz CT molecular complexity index is 320. The lowest BCUT2D eigenvalue weighted by Gasteiger charge is -2.32. The van der Waals surface area contributed by atoms with E-state index >= 15 is 0 Å². The highest BCUT2D eigenvalue weighted by molar-refractivity contribution is 5.86. The maximum atomic E-state index is 12.6. The third-order valence-electron chi connectivity index (χ3n) is 2.42. The highest BCUT2D eigenvalue weighted by Crippen LogP contribution is 2.29. The summed E-state index contributed by atoms with van der Waals surface area (Å²) in [6, 6.07) is 1.86. The molecular weight excluding hydrogens is 235 g/mol. The molecule has 7 heteroatoms. The predicted molar refractivity (Wildman–Crippen MR) is 55.7 cm³/mol. The standard InChI is InChI=1S/C10H16F3N3O/c1-4-16(6-7(2)5-14)8(17)9(3,15)10(11,12)13/h7H,4,6,15H2,1-3H3. The minimum atomic E-state index is -4.81. The molecule has 0 saturated carbocycles. The van der Waals surface area contributed by atoms with E-state index in [2.05, 4.69) is 0 Å². The molecule has 0 aromatic carbocycles. The highest BCUT2D eigenvalue weighted by Gasteiger charge is 2.55. The summed E-state index contributed by atoms with van der Waals surface area (Å²) in [6.45, 7) is 3.71. The van der Waals surface area contributed by atoms with Crippen molar-refractivity contribution in [1.82, 2.24) is 4.90 Å². The molecule has 0 rings (SSSR count). The normalized spacial score (nSPS) is 16.8. The zero-order valence-corrected chi connectivity index (χ0v) is 10.0. The van der Waals surface area contributed by atoms with Gasteiger partial charge in [0.05, 0.1) is 12.0 Å². The number of carbonyl (C=O) groups excluding carboxylic acids is 1. The van der Waals surface area contributed by atoms with Crippen molar-refractivity contribution >= 4 is 5.91 Å². The number of halogens is 3. The van der Waals surface area contributed by atoms with E-state index in [9.17, 15) is 18.0 Å². The van der Waals surface area contributed by atoms with Crippen molar-refractivity contribution in [2.75, 3.05) is 13.1 Å². The number of amides is 1. The second-order valence-electron chi connectivity index (χ2n) is 4.07. The first-order valence-corrected chi connectivity index (χ1v) is 5.12. The summed E-state index contributed by atoms with van der Waals surface area (Å²) < 4.78 is 37.7. The molecule has 4 nitrogen and oxygen atoms in total. The van der Waals surface area contributed by atoms with Crippen molar-refractivity contribution in [2.45, 2.75) is 32.5 Å². The summed E-state index contributed by atoms with van der Waals surface area (Å²) in [5.74, 6) is -1.75. The molecule has 0 aromatic heterocycles. The van der Waals surface area contributed by atoms with Crippen molar-refractivity contribution in [3.8, 4) is 6.07 Å². The molecule has 98 valence electrons. The topological polar surface area (TPSA) is 70.1 Å². The van der Waals surface area contributed by atoms with Gasteiger partial charge in [-0.05, 0) is 20.8 Å². The fraction of sp³-hybridized carbons (Fsp3) is 0.800. The summed E-state index contributed by atoms with van der Waals surface area (Å²) in [6.07, 6.45) is -4.81. The smallest absolute Gasteiger partial charge is 0.340 e. The number of nitrogens with zero attached hydrogens (tertiary/aromatic N) is 2. The minimum Gasteiger partial charge on any atom is -0.340 e. The second-order valence-corrected chi connectivity index (χ2v) is 4.07. The predicted octanol–water partition coefficient (Wildman–Crippen LogP) is 1.27. The van der Waals surface area contributed by atoms with Gasteiger partial charge in [-0.3, -0.25) is 4.79 Å². The summed E-state index contributed by atoms with van der Waals surface area (Å²) in [5, 5.41) is 8.58. The monoisotopic (exact) mass is 251 g/mol. The van der Waals surface area contributed by atoms with Gasteiger partial charge in [0.2, 0.25) is 0 Å². The molecule has 2 atom stereocenters. The van der Waals surface area contributed by atoms with Crippen LogP contribution in [0.4, 0.5) is 13.2 Å². The van der Waals surface area contributed by atoms with E-state index in [1.54, 1.807) is 0 Å². The summed E-state index contributed by atoms with van der Waals surface area (Å²) >= 11 is 0. The van der Waals surface area contributed by atoms with E-state index < -0.39 is 23.5 Å². The molecule has 2 N–H and O–H groups in total. The van der Waals surface area contributed by atoms with E-state index in [1.165, 1.54) is 13.8 Å². The Morgan fingerprint density at radius 3 is 2.29 bits per heavy atom. The average molecular weight is 251 g/mol. The van der Waals surface area contributed by atoms with Gasteiger partial charge < -0.3 is 10.6 Å². The van der Waals surface area contributed by atoms with E-state index in [0.29, 0.717) is 6.92 Å². The van der Waals surface area contributed by atoms with E-state index in [-0.39, 0.29) is 13.1 Å². The third kappa shape index (κ3) is 3.60. The van der Waals surface area contributed by atoms with E-state index in [0.717, 1.165) is 4.90 Å². The molecule has 0 radical (unpaired) electrons. The van der Waals surface area contributed by atoms with Gasteiger partial charge in [-0.25, -0.2) is 0 Å². The van der Waals surface area contributed by atoms with Crippen LogP contribution in [0.3, 0.4) is 0 Å². The number of hydrogen-bond acceptors (Lipinski definition) is 3. The number of nitrogens with two attached hydrogens (primary N) is 1. The van der Waals surface area contributed by atoms with Crippen LogP contribution in [0, 0.1) is 17.2 Å². The largest absolute Gasteiger partial charge is 0.415 e. The van der Waals surface area contributed by atoms with Crippen LogP contribution in [0.5, 0.6) is 0 Å². The van der Waals surface area contributed by atoms with Crippen LogP contribution in [0.2, 0.25) is 0 Å². The van der Waals surface area contributed by atoms with Gasteiger partial charge in [-0.15, -0.1) is 0 Å². The van der Waals surface area contributed by atoms with Crippen LogP contribution in [0.25, 0.3) is 0 Å². The number of likely N-dealkylation sites (N-methyl/N-ethyl adjacent to an activating group) is 1. The quantitative estimate of drug-likeness (QED) is 0.818. The van der Waals surface area contributed by atoms with Gasteiger partial charge in [-0.2, -0.15) is 18.4 Å². The molecule has 0 heterocycles. The average Bonchev–Trinajstić information content (AvgIpc) is 2.22. The van der Waals surface area contributed by atoms with E-state index in [1.807, 2.05) is 6.07 Å². The lowest BCUT2D eigenvalue weighted by molar-refractivity contribution is -0.193. The van der Waals surface area contributed by atoms with Gasteiger partial charge in [0.15, 0.2) is 5.54 Å². The fourth-order valence-electron chi connectivity index (χ4n) is 1.18. The van der Waals surface area contributed by atoms with Gasteiger partial charge in [0.1, 0.15) is 0 Å². The van der Waals surface area contributed by atoms with Crippen LogP contribution in [0.1, 0.15) is 20.8 Å². The molecule has 0 aromatic rings. The molecule has 1 amide bonds. The maximum absolute atomic E-state index is 12.6. The molecule has 0 aliphatic carbocycles. The van der Waals surface area contributed by atoms with Crippen LogP contribution in [0.15, 0.2) is 0 Å². The summed E-state index contributed by atoms with van der Waals surface area (Å²) in [5.41, 5.74) is 2.11. The first-order valence-electron chi connectivity index (χ1n) is 5.12. The fourth-order valence-corrected chi connectivity index (χ4v) is 1.18. The second kappa shape index (κ2) is 5.36. The molecular formula is C10H16F3N3O.